The zero-order chi connectivity index (χ0) is 19.3. The number of carbonyl (C=O) groups excluding carboxylic acids is 2. The molecule has 1 fully saturated rings. The molecule has 1 saturated heterocycles. The van der Waals surface area contributed by atoms with Crippen LogP contribution in [0.1, 0.15) is 18.4 Å². The Kier molecular flexibility index (Phi) is 6.52. The highest BCUT2D eigenvalue weighted by Crippen LogP contribution is 2.36. The van der Waals surface area contributed by atoms with Crippen molar-refractivity contribution < 1.29 is 22.8 Å². The first-order chi connectivity index (χ1) is 12.2. The lowest BCUT2D eigenvalue weighted by molar-refractivity contribution is -0.137. The van der Waals surface area contributed by atoms with Crippen LogP contribution in [0, 0.1) is 5.92 Å². The number of nitrogens with zero attached hydrogens (tertiary/aromatic N) is 1. The molecule has 0 radical (unpaired) electrons. The van der Waals surface area contributed by atoms with Crippen LogP contribution in [0.15, 0.2) is 30.9 Å². The number of anilines is 1. The number of halogens is 4. The van der Waals surface area contributed by atoms with Crippen LogP contribution in [0.5, 0.6) is 0 Å². The SMILES string of the molecule is C=CC(=O)N1CCC[C@@H](CNC(=O)Nc2ccc(Cl)c(C(F)(F)F)c2)C1. The van der Waals surface area contributed by atoms with Gasteiger partial charge < -0.3 is 15.5 Å². The van der Waals surface area contributed by atoms with Crippen LogP contribution in [0.2, 0.25) is 5.02 Å². The van der Waals surface area contributed by atoms with Crippen molar-refractivity contribution >= 4 is 29.2 Å². The fourth-order valence-electron chi connectivity index (χ4n) is 2.79. The van der Waals surface area contributed by atoms with Crippen molar-refractivity contribution in [3.63, 3.8) is 0 Å². The first kappa shape index (κ1) is 20.1. The predicted molar refractivity (Wildman–Crippen MR) is 93.0 cm³/mol. The molecule has 0 spiro atoms. The van der Waals surface area contributed by atoms with E-state index in [0.29, 0.717) is 19.6 Å². The van der Waals surface area contributed by atoms with Crippen molar-refractivity contribution in [3.05, 3.63) is 41.4 Å². The van der Waals surface area contributed by atoms with Gasteiger partial charge in [0.15, 0.2) is 0 Å². The van der Waals surface area contributed by atoms with Gasteiger partial charge in [-0.25, -0.2) is 4.79 Å². The number of piperidine rings is 1. The monoisotopic (exact) mass is 389 g/mol. The minimum absolute atomic E-state index is 0.00803. The summed E-state index contributed by atoms with van der Waals surface area (Å²) in [4.78, 5) is 25.2. The van der Waals surface area contributed by atoms with E-state index in [1.165, 1.54) is 12.1 Å². The zero-order valence-electron chi connectivity index (χ0n) is 13.9. The maximum atomic E-state index is 12.8. The van der Waals surface area contributed by atoms with Crippen LogP contribution >= 0.6 is 11.6 Å². The lowest BCUT2D eigenvalue weighted by Gasteiger charge is -2.32. The lowest BCUT2D eigenvalue weighted by Crippen LogP contribution is -2.43. The van der Waals surface area contributed by atoms with Crippen molar-refractivity contribution in [1.82, 2.24) is 10.2 Å². The van der Waals surface area contributed by atoms with Gasteiger partial charge in [-0.1, -0.05) is 18.2 Å². The van der Waals surface area contributed by atoms with Crippen molar-refractivity contribution in [2.75, 3.05) is 25.0 Å². The largest absolute Gasteiger partial charge is 0.417 e. The maximum Gasteiger partial charge on any atom is 0.417 e. The van der Waals surface area contributed by atoms with Crippen LogP contribution in [0.4, 0.5) is 23.7 Å². The van der Waals surface area contributed by atoms with Crippen LogP contribution in [0.25, 0.3) is 0 Å². The third-order valence-electron chi connectivity index (χ3n) is 4.09. The standard InChI is InChI=1S/C17H19ClF3N3O2/c1-2-15(25)24-7-3-4-11(10-24)9-22-16(26)23-12-5-6-14(18)13(8-12)17(19,20)21/h2,5-6,8,11H,1,3-4,7,9-10H2,(H2,22,23,26)/t11-/m0/s1. The summed E-state index contributed by atoms with van der Waals surface area (Å²) in [5, 5.41) is 4.55. The van der Waals surface area contributed by atoms with Gasteiger partial charge in [0.2, 0.25) is 5.91 Å². The van der Waals surface area contributed by atoms with Crippen LogP contribution < -0.4 is 10.6 Å². The Morgan fingerprint density at radius 2 is 2.12 bits per heavy atom. The Morgan fingerprint density at radius 1 is 1.38 bits per heavy atom. The number of likely N-dealkylation sites (tertiary alicyclic amines) is 1. The van der Waals surface area contributed by atoms with Gasteiger partial charge in [0, 0.05) is 25.3 Å². The Hall–Kier alpha value is -2.22. The molecule has 0 unspecified atom stereocenters. The number of carbonyl (C=O) groups is 2. The van der Waals surface area contributed by atoms with Gasteiger partial charge in [0.25, 0.3) is 0 Å². The molecule has 1 aromatic carbocycles. The molecule has 9 heteroatoms. The second-order valence-corrected chi connectivity index (χ2v) is 6.43. The molecule has 0 bridgehead atoms. The molecule has 0 aliphatic carbocycles. The highest BCUT2D eigenvalue weighted by atomic mass is 35.5. The van der Waals surface area contributed by atoms with Crippen LogP contribution in [-0.4, -0.2) is 36.5 Å². The number of rotatable bonds is 4. The second-order valence-electron chi connectivity index (χ2n) is 6.02. The Morgan fingerprint density at radius 3 is 2.77 bits per heavy atom. The second kappa shape index (κ2) is 8.44. The molecule has 0 aromatic heterocycles. The quantitative estimate of drug-likeness (QED) is 0.767. The zero-order valence-corrected chi connectivity index (χ0v) is 14.7. The van der Waals surface area contributed by atoms with E-state index in [4.69, 9.17) is 11.6 Å². The molecule has 2 N–H and O–H groups in total. The van der Waals surface area contributed by atoms with Gasteiger partial charge in [-0.2, -0.15) is 13.2 Å². The fraction of sp³-hybridized carbons (Fsp3) is 0.412. The molecule has 5 nitrogen and oxygen atoms in total. The molecule has 26 heavy (non-hydrogen) atoms. The van der Waals surface area contributed by atoms with E-state index in [2.05, 4.69) is 17.2 Å². The average molecular weight is 390 g/mol. The van der Waals surface area contributed by atoms with Gasteiger partial charge in [0.1, 0.15) is 0 Å². The molecule has 2 rings (SSSR count). The number of hydrogen-bond acceptors (Lipinski definition) is 2. The Labute approximate surface area is 154 Å². The number of hydrogen-bond donors (Lipinski definition) is 2. The number of amides is 3. The molecule has 1 aliphatic heterocycles. The minimum Gasteiger partial charge on any atom is -0.339 e. The van der Waals surface area contributed by atoms with Crippen molar-refractivity contribution in [3.8, 4) is 0 Å². The highest BCUT2D eigenvalue weighted by Gasteiger charge is 2.33. The molecular formula is C17H19ClF3N3O2. The molecule has 3 amide bonds. The van der Waals surface area contributed by atoms with Crippen molar-refractivity contribution in [2.24, 2.45) is 5.92 Å². The molecule has 1 aliphatic rings. The smallest absolute Gasteiger partial charge is 0.339 e. The summed E-state index contributed by atoms with van der Waals surface area (Å²) in [6.07, 6.45) is -1.68. The topological polar surface area (TPSA) is 61.4 Å². The third kappa shape index (κ3) is 5.39. The van der Waals surface area contributed by atoms with E-state index < -0.39 is 22.8 Å². The molecular weight excluding hydrogens is 371 g/mol. The lowest BCUT2D eigenvalue weighted by atomic mass is 9.98. The maximum absolute atomic E-state index is 12.8. The average Bonchev–Trinajstić information content (AvgIpc) is 2.60. The highest BCUT2D eigenvalue weighted by molar-refractivity contribution is 6.31. The minimum atomic E-state index is -4.60. The van der Waals surface area contributed by atoms with E-state index in [9.17, 15) is 22.8 Å². The summed E-state index contributed by atoms with van der Waals surface area (Å²) in [5.41, 5.74) is -1.02. The summed E-state index contributed by atoms with van der Waals surface area (Å²) >= 11 is 5.54. The van der Waals surface area contributed by atoms with E-state index in [0.717, 1.165) is 25.0 Å². The van der Waals surface area contributed by atoms with Crippen molar-refractivity contribution in [2.45, 2.75) is 19.0 Å². The first-order valence-corrected chi connectivity index (χ1v) is 8.41. The van der Waals surface area contributed by atoms with Gasteiger partial charge >= 0.3 is 12.2 Å². The fourth-order valence-corrected chi connectivity index (χ4v) is 3.02. The van der Waals surface area contributed by atoms with Gasteiger partial charge in [-0.15, -0.1) is 0 Å². The Balaban J connectivity index is 1.89. The molecule has 1 heterocycles. The number of benzene rings is 1. The van der Waals surface area contributed by atoms with Gasteiger partial charge in [0.05, 0.1) is 10.6 Å². The van der Waals surface area contributed by atoms with Gasteiger partial charge in [-0.05, 0) is 43.0 Å². The summed E-state index contributed by atoms with van der Waals surface area (Å²) in [6.45, 7) is 4.92. The van der Waals surface area contributed by atoms with Crippen LogP contribution in [0.3, 0.4) is 0 Å². The number of nitrogens with one attached hydrogen (secondary N) is 2. The summed E-state index contributed by atoms with van der Waals surface area (Å²) in [6, 6.07) is 2.54. The van der Waals surface area contributed by atoms with E-state index in [-0.39, 0.29) is 17.5 Å². The van der Waals surface area contributed by atoms with E-state index in [1.807, 2.05) is 0 Å². The van der Waals surface area contributed by atoms with Crippen molar-refractivity contribution in [1.29, 1.82) is 0 Å². The summed E-state index contributed by atoms with van der Waals surface area (Å²) in [5.74, 6) is -0.0747. The Bertz CT molecular complexity index is 694. The summed E-state index contributed by atoms with van der Waals surface area (Å²) < 4.78 is 38.5. The first-order valence-electron chi connectivity index (χ1n) is 8.03. The van der Waals surface area contributed by atoms with Gasteiger partial charge in [-0.3, -0.25) is 4.79 Å². The summed E-state index contributed by atoms with van der Waals surface area (Å²) in [7, 11) is 0. The molecule has 1 aromatic rings. The normalized spacial score (nSPS) is 17.5. The third-order valence-corrected chi connectivity index (χ3v) is 4.42. The van der Waals surface area contributed by atoms with E-state index >= 15 is 0 Å². The molecule has 142 valence electrons. The van der Waals surface area contributed by atoms with E-state index in [1.54, 1.807) is 4.90 Å². The molecule has 1 atom stereocenters. The molecule has 0 saturated carbocycles. The van der Waals surface area contributed by atoms with Crippen LogP contribution in [-0.2, 0) is 11.0 Å². The predicted octanol–water partition coefficient (Wildman–Crippen LogP) is 3.90. The number of urea groups is 1. The number of alkyl halides is 3.